The van der Waals surface area contributed by atoms with Crippen molar-refractivity contribution in [2.45, 2.75) is 46.0 Å². The fourth-order valence-corrected chi connectivity index (χ4v) is 3.10. The molecule has 0 aliphatic heterocycles. The van der Waals surface area contributed by atoms with Crippen LogP contribution in [0.15, 0.2) is 11.6 Å². The molecule has 1 nitrogen and oxygen atoms in total. The van der Waals surface area contributed by atoms with Gasteiger partial charge in [0.2, 0.25) is 0 Å². The standard InChI is InChI=1S/C12H18O/c1-3-9-7-8-12(2)10(9)5-4-6-11(12)13/h3,10H,4-8H2,1-2H3/b9-3-. The smallest absolute Gasteiger partial charge is 0.139 e. The number of rotatable bonds is 0. The summed E-state index contributed by atoms with van der Waals surface area (Å²) < 4.78 is 0. The Morgan fingerprint density at radius 3 is 2.92 bits per heavy atom. The number of hydrogen-bond donors (Lipinski definition) is 0. The van der Waals surface area contributed by atoms with Gasteiger partial charge in [0, 0.05) is 11.8 Å². The molecule has 13 heavy (non-hydrogen) atoms. The summed E-state index contributed by atoms with van der Waals surface area (Å²) in [5.41, 5.74) is 1.55. The van der Waals surface area contributed by atoms with Crippen LogP contribution in [0.1, 0.15) is 46.0 Å². The van der Waals surface area contributed by atoms with Gasteiger partial charge in [0.15, 0.2) is 0 Å². The van der Waals surface area contributed by atoms with E-state index in [0.717, 1.165) is 25.7 Å². The number of allylic oxidation sites excluding steroid dienone is 2. The van der Waals surface area contributed by atoms with Gasteiger partial charge in [0.25, 0.3) is 0 Å². The highest BCUT2D eigenvalue weighted by Crippen LogP contribution is 2.52. The molecule has 1 heteroatoms. The highest BCUT2D eigenvalue weighted by atomic mass is 16.1. The maximum atomic E-state index is 11.8. The van der Waals surface area contributed by atoms with Gasteiger partial charge in [-0.2, -0.15) is 0 Å². The van der Waals surface area contributed by atoms with Gasteiger partial charge in [-0.3, -0.25) is 4.79 Å². The van der Waals surface area contributed by atoms with Gasteiger partial charge in [-0.1, -0.05) is 18.6 Å². The van der Waals surface area contributed by atoms with Crippen molar-refractivity contribution in [2.24, 2.45) is 11.3 Å². The molecule has 2 saturated carbocycles. The van der Waals surface area contributed by atoms with Gasteiger partial charge in [-0.05, 0) is 38.5 Å². The van der Waals surface area contributed by atoms with E-state index in [1.807, 2.05) is 0 Å². The highest BCUT2D eigenvalue weighted by molar-refractivity contribution is 5.86. The topological polar surface area (TPSA) is 17.1 Å². The molecule has 0 spiro atoms. The van der Waals surface area contributed by atoms with E-state index in [1.165, 1.54) is 12.0 Å². The number of ketones is 1. The summed E-state index contributed by atoms with van der Waals surface area (Å²) in [6, 6.07) is 0. The highest BCUT2D eigenvalue weighted by Gasteiger charge is 2.48. The zero-order valence-corrected chi connectivity index (χ0v) is 8.60. The third-order valence-electron chi connectivity index (χ3n) is 4.05. The lowest BCUT2D eigenvalue weighted by molar-refractivity contribution is -0.131. The molecule has 0 aromatic rings. The number of carbonyl (C=O) groups excluding carboxylic acids is 1. The summed E-state index contributed by atoms with van der Waals surface area (Å²) in [6.07, 6.45) is 7.65. The Balaban J connectivity index is 2.32. The van der Waals surface area contributed by atoms with E-state index in [4.69, 9.17) is 0 Å². The first-order valence-corrected chi connectivity index (χ1v) is 5.37. The Hall–Kier alpha value is -0.590. The van der Waals surface area contributed by atoms with Crippen LogP contribution in [0.5, 0.6) is 0 Å². The van der Waals surface area contributed by atoms with Crippen molar-refractivity contribution in [2.75, 3.05) is 0 Å². The Bertz CT molecular complexity index is 264. The predicted molar refractivity (Wildman–Crippen MR) is 53.4 cm³/mol. The number of carbonyl (C=O) groups is 1. The van der Waals surface area contributed by atoms with Gasteiger partial charge in [0.1, 0.15) is 5.78 Å². The number of Topliss-reactive ketones (excluding diaryl/α,β-unsaturated/α-hetero) is 1. The zero-order valence-electron chi connectivity index (χ0n) is 8.60. The fraction of sp³-hybridized carbons (Fsp3) is 0.750. The Kier molecular flexibility index (Phi) is 2.05. The van der Waals surface area contributed by atoms with Crippen LogP contribution in [-0.4, -0.2) is 5.78 Å². The van der Waals surface area contributed by atoms with Gasteiger partial charge >= 0.3 is 0 Å². The first-order valence-electron chi connectivity index (χ1n) is 5.37. The third-order valence-corrected chi connectivity index (χ3v) is 4.05. The minimum Gasteiger partial charge on any atom is -0.299 e. The summed E-state index contributed by atoms with van der Waals surface area (Å²) in [4.78, 5) is 11.8. The van der Waals surface area contributed by atoms with Crippen molar-refractivity contribution in [3.05, 3.63) is 11.6 Å². The van der Waals surface area contributed by atoms with Crippen molar-refractivity contribution in [1.82, 2.24) is 0 Å². The molecule has 2 fully saturated rings. The van der Waals surface area contributed by atoms with Crippen LogP contribution in [0, 0.1) is 11.3 Å². The SMILES string of the molecule is C/C=C1/CCC2(C)C(=O)CCCC12. The number of fused-ring (bicyclic) bond motifs is 1. The van der Waals surface area contributed by atoms with Crippen molar-refractivity contribution >= 4 is 5.78 Å². The molecule has 0 bridgehead atoms. The Morgan fingerprint density at radius 2 is 2.23 bits per heavy atom. The molecule has 2 atom stereocenters. The Morgan fingerprint density at radius 1 is 1.46 bits per heavy atom. The van der Waals surface area contributed by atoms with Crippen LogP contribution in [0.3, 0.4) is 0 Å². The minimum atomic E-state index is 0.0140. The first-order chi connectivity index (χ1) is 6.18. The lowest BCUT2D eigenvalue weighted by Gasteiger charge is -2.34. The first kappa shape index (κ1) is 8.98. The average molecular weight is 178 g/mol. The van der Waals surface area contributed by atoms with Crippen molar-refractivity contribution in [3.63, 3.8) is 0 Å². The van der Waals surface area contributed by atoms with E-state index in [2.05, 4.69) is 19.9 Å². The normalized spacial score (nSPS) is 42.5. The van der Waals surface area contributed by atoms with Crippen LogP contribution in [0.4, 0.5) is 0 Å². The maximum Gasteiger partial charge on any atom is 0.139 e. The average Bonchev–Trinajstić information content (AvgIpc) is 2.45. The molecule has 0 radical (unpaired) electrons. The number of hydrogen-bond acceptors (Lipinski definition) is 1. The molecular formula is C12H18O. The van der Waals surface area contributed by atoms with E-state index in [9.17, 15) is 4.79 Å². The molecule has 2 unspecified atom stereocenters. The molecule has 0 aromatic heterocycles. The summed E-state index contributed by atoms with van der Waals surface area (Å²) in [5.74, 6) is 1.10. The second-order valence-electron chi connectivity index (χ2n) is 4.65. The van der Waals surface area contributed by atoms with Gasteiger partial charge in [-0.15, -0.1) is 0 Å². The molecule has 0 saturated heterocycles. The zero-order chi connectivity index (χ0) is 9.47. The molecule has 0 aromatic carbocycles. The van der Waals surface area contributed by atoms with Gasteiger partial charge < -0.3 is 0 Å². The van der Waals surface area contributed by atoms with E-state index < -0.39 is 0 Å². The van der Waals surface area contributed by atoms with Crippen LogP contribution in [0.25, 0.3) is 0 Å². The Labute approximate surface area is 80.2 Å². The predicted octanol–water partition coefficient (Wildman–Crippen LogP) is 3.10. The lowest BCUT2D eigenvalue weighted by atomic mass is 9.68. The summed E-state index contributed by atoms with van der Waals surface area (Å²) in [6.45, 7) is 4.29. The fourth-order valence-electron chi connectivity index (χ4n) is 3.10. The van der Waals surface area contributed by atoms with E-state index in [1.54, 1.807) is 0 Å². The largest absolute Gasteiger partial charge is 0.299 e. The van der Waals surface area contributed by atoms with Crippen molar-refractivity contribution in [3.8, 4) is 0 Å². The molecule has 2 aliphatic rings. The van der Waals surface area contributed by atoms with E-state index >= 15 is 0 Å². The molecule has 2 rings (SSSR count). The molecule has 0 heterocycles. The van der Waals surface area contributed by atoms with Gasteiger partial charge in [0.05, 0.1) is 0 Å². The van der Waals surface area contributed by atoms with Crippen LogP contribution < -0.4 is 0 Å². The monoisotopic (exact) mass is 178 g/mol. The van der Waals surface area contributed by atoms with Crippen LogP contribution in [0.2, 0.25) is 0 Å². The minimum absolute atomic E-state index is 0.0140. The van der Waals surface area contributed by atoms with Crippen LogP contribution >= 0.6 is 0 Å². The molecule has 0 N–H and O–H groups in total. The lowest BCUT2D eigenvalue weighted by Crippen LogP contribution is -2.35. The summed E-state index contributed by atoms with van der Waals surface area (Å²) >= 11 is 0. The molecule has 0 amide bonds. The third kappa shape index (κ3) is 1.17. The molecule has 72 valence electrons. The molecule has 2 aliphatic carbocycles. The summed E-state index contributed by atoms with van der Waals surface area (Å²) in [5, 5.41) is 0. The van der Waals surface area contributed by atoms with Crippen molar-refractivity contribution < 1.29 is 4.79 Å². The quantitative estimate of drug-likeness (QED) is 0.521. The van der Waals surface area contributed by atoms with Crippen LogP contribution in [-0.2, 0) is 4.79 Å². The second kappa shape index (κ2) is 2.97. The maximum absolute atomic E-state index is 11.8. The summed E-state index contributed by atoms with van der Waals surface area (Å²) in [7, 11) is 0. The molecular weight excluding hydrogens is 160 g/mol. The van der Waals surface area contributed by atoms with E-state index in [-0.39, 0.29) is 5.41 Å². The van der Waals surface area contributed by atoms with Crippen molar-refractivity contribution in [1.29, 1.82) is 0 Å². The second-order valence-corrected chi connectivity index (χ2v) is 4.65. The van der Waals surface area contributed by atoms with Gasteiger partial charge in [-0.25, -0.2) is 0 Å². The van der Waals surface area contributed by atoms with E-state index in [0.29, 0.717) is 11.7 Å².